The van der Waals surface area contributed by atoms with Crippen molar-refractivity contribution in [3.05, 3.63) is 68.7 Å². The van der Waals surface area contributed by atoms with Gasteiger partial charge in [0, 0.05) is 36.7 Å². The number of carboxylic acids is 2. The molecule has 29 heavy (non-hydrogen) atoms. The number of fused-ring (bicyclic) bond motifs is 1. The van der Waals surface area contributed by atoms with E-state index in [4.69, 9.17) is 10.2 Å². The third kappa shape index (κ3) is 5.23. The molecule has 1 heterocycles. The first-order chi connectivity index (χ1) is 13.9. The first-order valence-corrected chi connectivity index (χ1v) is 10.5. The van der Waals surface area contributed by atoms with Crippen LogP contribution in [0.1, 0.15) is 49.9 Å². The van der Waals surface area contributed by atoms with Crippen LogP contribution >= 0.6 is 15.9 Å². The molecule has 0 aromatic heterocycles. The first kappa shape index (κ1) is 21.5. The largest absolute Gasteiger partial charge is 0.478 e. The number of hydrogen-bond donors (Lipinski definition) is 3. The maximum absolute atomic E-state index is 10.6. The number of hydrogen-bond acceptors (Lipinski definition) is 4. The minimum Gasteiger partial charge on any atom is -0.478 e. The Morgan fingerprint density at radius 3 is 2.45 bits per heavy atom. The number of nitrogens with one attached hydrogen (secondary N) is 1. The number of benzene rings is 2. The summed E-state index contributed by atoms with van der Waals surface area (Å²) in [7, 11) is 0. The number of halogens is 1. The molecule has 6 nitrogen and oxygen atoms in total. The summed E-state index contributed by atoms with van der Waals surface area (Å²) in [6.45, 7) is 6.29. The summed E-state index contributed by atoms with van der Waals surface area (Å²) in [6.07, 6.45) is 2.54. The van der Waals surface area contributed by atoms with E-state index in [1.165, 1.54) is 48.1 Å². The standard InChI is InChI=1S/C13H17BrN2.C9H8O4/c14-11-2-3-12-10(9-11)1-4-13(12)16-7-5-15-6-8-16;1-5-2-3-6(8(10)11)4-7(5)9(12)13/h2-3,9,13,15H,1,4-8H2;2-4H,1H3,(H,10,11)(H,12,13). The highest BCUT2D eigenvalue weighted by atomic mass is 79.9. The van der Waals surface area contributed by atoms with Crippen molar-refractivity contribution in [2.45, 2.75) is 25.8 Å². The van der Waals surface area contributed by atoms with Gasteiger partial charge in [-0.05, 0) is 60.7 Å². The molecule has 2 aromatic rings. The number of carboxylic acid groups (broad SMARTS) is 2. The van der Waals surface area contributed by atoms with Crippen LogP contribution in [0.3, 0.4) is 0 Å². The van der Waals surface area contributed by atoms with Gasteiger partial charge in [0.2, 0.25) is 0 Å². The second-order valence-corrected chi connectivity index (χ2v) is 8.24. The van der Waals surface area contributed by atoms with Gasteiger partial charge in [-0.25, -0.2) is 9.59 Å². The first-order valence-electron chi connectivity index (χ1n) is 9.67. The maximum Gasteiger partial charge on any atom is 0.335 e. The van der Waals surface area contributed by atoms with E-state index in [1.54, 1.807) is 12.5 Å². The Morgan fingerprint density at radius 1 is 1.07 bits per heavy atom. The average Bonchev–Trinajstić information content (AvgIpc) is 3.12. The van der Waals surface area contributed by atoms with Gasteiger partial charge in [0.05, 0.1) is 11.1 Å². The third-order valence-electron chi connectivity index (χ3n) is 5.46. The molecule has 7 heteroatoms. The van der Waals surface area contributed by atoms with Crippen molar-refractivity contribution in [2.24, 2.45) is 0 Å². The molecule has 0 spiro atoms. The molecule has 3 N–H and O–H groups in total. The topological polar surface area (TPSA) is 89.9 Å². The Hall–Kier alpha value is -2.22. The van der Waals surface area contributed by atoms with Crippen LogP contribution in [0.5, 0.6) is 0 Å². The van der Waals surface area contributed by atoms with Crippen molar-refractivity contribution in [3.63, 3.8) is 0 Å². The molecule has 1 atom stereocenters. The van der Waals surface area contributed by atoms with Gasteiger partial charge in [-0.2, -0.15) is 0 Å². The second-order valence-electron chi connectivity index (χ2n) is 7.32. The SMILES string of the molecule is Brc1ccc2c(c1)CCC2N1CCNCC1.Cc1ccc(C(=O)O)cc1C(=O)O. The normalized spacial score (nSPS) is 18.5. The summed E-state index contributed by atoms with van der Waals surface area (Å²) in [6, 6.07) is 11.5. The lowest BCUT2D eigenvalue weighted by Gasteiger charge is -2.33. The Labute approximate surface area is 178 Å². The van der Waals surface area contributed by atoms with Crippen molar-refractivity contribution < 1.29 is 19.8 Å². The van der Waals surface area contributed by atoms with E-state index in [0.717, 1.165) is 19.2 Å². The number of aryl methyl sites for hydroxylation is 2. The molecular weight excluding hydrogens is 436 g/mol. The van der Waals surface area contributed by atoms with Crippen molar-refractivity contribution in [2.75, 3.05) is 26.2 Å². The number of carbonyl (C=O) groups is 2. The summed E-state index contributed by atoms with van der Waals surface area (Å²) >= 11 is 3.56. The Morgan fingerprint density at radius 2 is 1.79 bits per heavy atom. The molecule has 4 rings (SSSR count). The molecular formula is C22H25BrN2O4. The van der Waals surface area contributed by atoms with E-state index in [-0.39, 0.29) is 11.1 Å². The van der Waals surface area contributed by atoms with E-state index in [9.17, 15) is 9.59 Å². The summed E-state index contributed by atoms with van der Waals surface area (Å²) < 4.78 is 1.22. The molecule has 154 valence electrons. The minimum atomic E-state index is -1.12. The molecule has 1 aliphatic carbocycles. The minimum absolute atomic E-state index is 0.0111. The fraction of sp³-hybridized carbons (Fsp3) is 0.364. The highest BCUT2D eigenvalue weighted by Crippen LogP contribution is 2.37. The van der Waals surface area contributed by atoms with Gasteiger partial charge in [-0.15, -0.1) is 0 Å². The lowest BCUT2D eigenvalue weighted by atomic mass is 10.1. The second kappa shape index (κ2) is 9.52. The van der Waals surface area contributed by atoms with E-state index < -0.39 is 11.9 Å². The van der Waals surface area contributed by atoms with Gasteiger partial charge in [0.25, 0.3) is 0 Å². The van der Waals surface area contributed by atoms with Crippen LogP contribution in [0.25, 0.3) is 0 Å². The molecule has 0 radical (unpaired) electrons. The van der Waals surface area contributed by atoms with E-state index in [0.29, 0.717) is 11.6 Å². The van der Waals surface area contributed by atoms with Gasteiger partial charge in [-0.3, -0.25) is 4.90 Å². The zero-order valence-electron chi connectivity index (χ0n) is 16.3. The quantitative estimate of drug-likeness (QED) is 0.646. The molecule has 0 saturated carbocycles. The third-order valence-corrected chi connectivity index (χ3v) is 5.95. The van der Waals surface area contributed by atoms with Crippen molar-refractivity contribution in [1.82, 2.24) is 10.2 Å². The molecule has 1 saturated heterocycles. The lowest BCUT2D eigenvalue weighted by Crippen LogP contribution is -2.44. The van der Waals surface area contributed by atoms with Gasteiger partial charge in [0.1, 0.15) is 0 Å². The zero-order chi connectivity index (χ0) is 21.0. The van der Waals surface area contributed by atoms with Crippen molar-refractivity contribution >= 4 is 27.9 Å². The fourth-order valence-electron chi connectivity index (χ4n) is 3.92. The molecule has 0 bridgehead atoms. The van der Waals surface area contributed by atoms with E-state index in [1.807, 2.05) is 0 Å². The van der Waals surface area contributed by atoms with Crippen LogP contribution in [0.2, 0.25) is 0 Å². The molecule has 1 aliphatic heterocycles. The van der Waals surface area contributed by atoms with Gasteiger partial charge in [-0.1, -0.05) is 28.1 Å². The van der Waals surface area contributed by atoms with Crippen LogP contribution in [0, 0.1) is 6.92 Å². The van der Waals surface area contributed by atoms with Gasteiger partial charge in [0.15, 0.2) is 0 Å². The van der Waals surface area contributed by atoms with Gasteiger partial charge < -0.3 is 15.5 Å². The van der Waals surface area contributed by atoms with Crippen molar-refractivity contribution in [3.8, 4) is 0 Å². The summed E-state index contributed by atoms with van der Waals surface area (Å²) in [5.74, 6) is -2.23. The summed E-state index contributed by atoms with van der Waals surface area (Å²) in [5, 5.41) is 20.7. The Balaban J connectivity index is 0.000000170. The summed E-state index contributed by atoms with van der Waals surface area (Å²) in [4.78, 5) is 23.7. The fourth-order valence-corrected chi connectivity index (χ4v) is 4.33. The number of nitrogens with zero attached hydrogens (tertiary/aromatic N) is 1. The average molecular weight is 461 g/mol. The number of rotatable bonds is 3. The van der Waals surface area contributed by atoms with Crippen LogP contribution in [-0.2, 0) is 6.42 Å². The highest BCUT2D eigenvalue weighted by molar-refractivity contribution is 9.10. The van der Waals surface area contributed by atoms with E-state index in [2.05, 4.69) is 44.3 Å². The molecule has 0 amide bonds. The number of aromatic carboxylic acids is 2. The van der Waals surface area contributed by atoms with Crippen LogP contribution in [0.15, 0.2) is 40.9 Å². The maximum atomic E-state index is 10.6. The molecule has 1 unspecified atom stereocenters. The highest BCUT2D eigenvalue weighted by Gasteiger charge is 2.28. The lowest BCUT2D eigenvalue weighted by molar-refractivity contribution is 0.0695. The Bertz CT molecular complexity index is 910. The smallest absolute Gasteiger partial charge is 0.335 e. The molecule has 2 aliphatic rings. The number of piperazine rings is 1. The molecule has 1 fully saturated rings. The Kier molecular flexibility index (Phi) is 7.05. The zero-order valence-corrected chi connectivity index (χ0v) is 17.9. The van der Waals surface area contributed by atoms with Crippen LogP contribution in [0.4, 0.5) is 0 Å². The predicted molar refractivity (Wildman–Crippen MR) is 115 cm³/mol. The van der Waals surface area contributed by atoms with E-state index >= 15 is 0 Å². The summed E-state index contributed by atoms with van der Waals surface area (Å²) in [5.41, 5.74) is 3.67. The van der Waals surface area contributed by atoms with Crippen LogP contribution < -0.4 is 5.32 Å². The monoisotopic (exact) mass is 460 g/mol. The predicted octanol–water partition coefficient (Wildman–Crippen LogP) is 3.73. The van der Waals surface area contributed by atoms with Crippen molar-refractivity contribution in [1.29, 1.82) is 0 Å². The van der Waals surface area contributed by atoms with Gasteiger partial charge >= 0.3 is 11.9 Å². The molecule has 2 aromatic carbocycles. The van der Waals surface area contributed by atoms with Crippen LogP contribution in [-0.4, -0.2) is 53.2 Å².